The molecule has 4 aliphatic rings. The predicted molar refractivity (Wildman–Crippen MR) is 90.5 cm³/mol. The van der Waals surface area contributed by atoms with Crippen molar-refractivity contribution in [2.75, 3.05) is 11.9 Å². The lowest BCUT2D eigenvalue weighted by molar-refractivity contribution is -0.729. The molecule has 4 bridgehead atoms. The van der Waals surface area contributed by atoms with E-state index >= 15 is 0 Å². The molecule has 118 valence electrons. The number of nitrogens with one attached hydrogen (secondary N) is 1. The van der Waals surface area contributed by atoms with Crippen molar-refractivity contribution in [1.29, 1.82) is 0 Å². The van der Waals surface area contributed by atoms with Crippen LogP contribution in [0.5, 0.6) is 0 Å². The summed E-state index contributed by atoms with van der Waals surface area (Å²) < 4.78 is 0.996. The molecule has 1 aromatic rings. The van der Waals surface area contributed by atoms with Gasteiger partial charge in [0.1, 0.15) is 0 Å². The SMILES string of the molecule is O=C(C[NH2+]C12CC3CC(CC(C3)C1)C2)Nc1cccc(Br)c1. The first-order valence-corrected chi connectivity index (χ1v) is 9.29. The molecule has 4 fully saturated rings. The minimum Gasteiger partial charge on any atom is -0.334 e. The van der Waals surface area contributed by atoms with Gasteiger partial charge in [-0.2, -0.15) is 0 Å². The number of hydrogen-bond acceptors (Lipinski definition) is 1. The van der Waals surface area contributed by atoms with E-state index in [1.54, 1.807) is 0 Å². The minimum atomic E-state index is 0.119. The number of anilines is 1. The summed E-state index contributed by atoms with van der Waals surface area (Å²) in [7, 11) is 0. The van der Waals surface area contributed by atoms with E-state index < -0.39 is 0 Å². The van der Waals surface area contributed by atoms with E-state index in [4.69, 9.17) is 0 Å². The van der Waals surface area contributed by atoms with Crippen molar-refractivity contribution in [3.05, 3.63) is 28.7 Å². The van der Waals surface area contributed by atoms with Crippen LogP contribution < -0.4 is 10.6 Å². The van der Waals surface area contributed by atoms with Crippen molar-refractivity contribution < 1.29 is 10.1 Å². The van der Waals surface area contributed by atoms with Gasteiger partial charge in [0.2, 0.25) is 0 Å². The molecule has 4 saturated carbocycles. The van der Waals surface area contributed by atoms with Crippen LogP contribution >= 0.6 is 15.9 Å². The molecule has 0 atom stereocenters. The molecule has 4 heteroatoms. The average Bonchev–Trinajstić information content (AvgIpc) is 2.44. The smallest absolute Gasteiger partial charge is 0.279 e. The lowest BCUT2D eigenvalue weighted by Gasteiger charge is -2.54. The normalized spacial score (nSPS) is 35.6. The zero-order valence-electron chi connectivity index (χ0n) is 12.9. The summed E-state index contributed by atoms with van der Waals surface area (Å²) in [5.41, 5.74) is 1.25. The third-order valence-electron chi connectivity index (χ3n) is 5.91. The van der Waals surface area contributed by atoms with Gasteiger partial charge in [-0.1, -0.05) is 22.0 Å². The van der Waals surface area contributed by atoms with Gasteiger partial charge in [-0.05, 0) is 55.2 Å². The summed E-state index contributed by atoms with van der Waals surface area (Å²) in [6, 6.07) is 7.80. The van der Waals surface area contributed by atoms with Crippen molar-refractivity contribution in [3.63, 3.8) is 0 Å². The molecule has 0 unspecified atom stereocenters. The van der Waals surface area contributed by atoms with E-state index in [1.807, 2.05) is 24.3 Å². The second-order valence-electron chi connectivity index (χ2n) is 7.75. The van der Waals surface area contributed by atoms with Crippen molar-refractivity contribution >= 4 is 27.5 Å². The number of carbonyl (C=O) groups excluding carboxylic acids is 1. The maximum Gasteiger partial charge on any atom is 0.279 e. The monoisotopic (exact) mass is 363 g/mol. The van der Waals surface area contributed by atoms with Gasteiger partial charge in [0, 0.05) is 29.4 Å². The van der Waals surface area contributed by atoms with Gasteiger partial charge >= 0.3 is 0 Å². The van der Waals surface area contributed by atoms with Crippen molar-refractivity contribution in [2.45, 2.75) is 44.1 Å². The van der Waals surface area contributed by atoms with Crippen LogP contribution in [0.15, 0.2) is 28.7 Å². The molecule has 0 heterocycles. The Balaban J connectivity index is 1.35. The Morgan fingerprint density at radius 3 is 2.41 bits per heavy atom. The number of halogens is 1. The lowest BCUT2D eigenvalue weighted by atomic mass is 9.53. The van der Waals surface area contributed by atoms with E-state index in [2.05, 4.69) is 26.6 Å². The Kier molecular flexibility index (Phi) is 3.77. The zero-order valence-corrected chi connectivity index (χ0v) is 14.4. The van der Waals surface area contributed by atoms with E-state index in [-0.39, 0.29) is 5.91 Å². The van der Waals surface area contributed by atoms with Crippen LogP contribution in [0.2, 0.25) is 0 Å². The van der Waals surface area contributed by atoms with Crippen molar-refractivity contribution in [3.8, 4) is 0 Å². The summed E-state index contributed by atoms with van der Waals surface area (Å²) in [6.45, 7) is 0.554. The van der Waals surface area contributed by atoms with E-state index in [1.165, 1.54) is 38.5 Å². The number of quaternary nitrogens is 1. The van der Waals surface area contributed by atoms with E-state index in [0.29, 0.717) is 12.1 Å². The molecule has 0 radical (unpaired) electrons. The molecule has 0 spiro atoms. The van der Waals surface area contributed by atoms with Crippen LogP contribution in [0.4, 0.5) is 5.69 Å². The fraction of sp³-hybridized carbons (Fsp3) is 0.611. The molecular formula is C18H24BrN2O+. The van der Waals surface area contributed by atoms with Crippen molar-refractivity contribution in [2.24, 2.45) is 17.8 Å². The first-order chi connectivity index (χ1) is 10.6. The third-order valence-corrected chi connectivity index (χ3v) is 6.41. The fourth-order valence-corrected chi connectivity index (χ4v) is 5.91. The summed E-state index contributed by atoms with van der Waals surface area (Å²) in [5.74, 6) is 2.94. The first-order valence-electron chi connectivity index (χ1n) is 8.50. The number of benzene rings is 1. The zero-order chi connectivity index (χ0) is 15.2. The molecule has 22 heavy (non-hydrogen) atoms. The van der Waals surface area contributed by atoms with Crippen LogP contribution in [-0.4, -0.2) is 18.0 Å². The maximum atomic E-state index is 12.3. The largest absolute Gasteiger partial charge is 0.334 e. The Morgan fingerprint density at radius 1 is 1.18 bits per heavy atom. The molecule has 3 N–H and O–H groups in total. The number of amides is 1. The number of hydrogen-bond donors (Lipinski definition) is 2. The number of carbonyl (C=O) groups is 1. The van der Waals surface area contributed by atoms with Gasteiger partial charge < -0.3 is 10.6 Å². The molecule has 4 aliphatic carbocycles. The summed E-state index contributed by atoms with van der Waals surface area (Å²) in [5, 5.41) is 5.38. The van der Waals surface area contributed by atoms with Crippen LogP contribution in [0.25, 0.3) is 0 Å². The highest BCUT2D eigenvalue weighted by molar-refractivity contribution is 9.10. The minimum absolute atomic E-state index is 0.119. The Hall–Kier alpha value is -0.870. The second-order valence-corrected chi connectivity index (χ2v) is 8.66. The Labute approximate surface area is 140 Å². The molecule has 1 amide bonds. The summed E-state index contributed by atoms with van der Waals surface area (Å²) >= 11 is 3.44. The summed E-state index contributed by atoms with van der Waals surface area (Å²) in [4.78, 5) is 12.3. The highest BCUT2D eigenvalue weighted by Gasteiger charge is 2.53. The molecule has 0 aromatic heterocycles. The first kappa shape index (κ1) is 14.7. The van der Waals surface area contributed by atoms with Gasteiger partial charge in [-0.3, -0.25) is 4.79 Å². The van der Waals surface area contributed by atoms with E-state index in [0.717, 1.165) is 27.9 Å². The highest BCUT2D eigenvalue weighted by Crippen LogP contribution is 2.54. The van der Waals surface area contributed by atoms with Gasteiger partial charge in [-0.25, -0.2) is 0 Å². The van der Waals surface area contributed by atoms with Crippen LogP contribution in [0, 0.1) is 17.8 Å². The fourth-order valence-electron chi connectivity index (χ4n) is 5.52. The highest BCUT2D eigenvalue weighted by atomic mass is 79.9. The summed E-state index contributed by atoms with van der Waals surface area (Å²) in [6.07, 6.45) is 8.38. The molecule has 0 saturated heterocycles. The molecule has 5 rings (SSSR count). The average molecular weight is 364 g/mol. The van der Waals surface area contributed by atoms with Crippen LogP contribution in [-0.2, 0) is 4.79 Å². The van der Waals surface area contributed by atoms with Crippen LogP contribution in [0.3, 0.4) is 0 Å². The van der Waals surface area contributed by atoms with Gasteiger partial charge in [0.05, 0.1) is 5.54 Å². The third kappa shape index (κ3) is 2.95. The van der Waals surface area contributed by atoms with Gasteiger partial charge in [0.15, 0.2) is 6.54 Å². The maximum absolute atomic E-state index is 12.3. The number of nitrogens with two attached hydrogens (primary N) is 1. The Bertz CT molecular complexity index is 551. The quantitative estimate of drug-likeness (QED) is 0.848. The Morgan fingerprint density at radius 2 is 1.82 bits per heavy atom. The van der Waals surface area contributed by atoms with Gasteiger partial charge in [-0.15, -0.1) is 0 Å². The molecule has 0 aliphatic heterocycles. The predicted octanol–water partition coefficient (Wildman–Crippen LogP) is 2.92. The number of rotatable bonds is 4. The van der Waals surface area contributed by atoms with E-state index in [9.17, 15) is 4.79 Å². The van der Waals surface area contributed by atoms with Crippen LogP contribution in [0.1, 0.15) is 38.5 Å². The molecule has 3 nitrogen and oxygen atoms in total. The lowest BCUT2D eigenvalue weighted by Crippen LogP contribution is -3.00. The van der Waals surface area contributed by atoms with Crippen molar-refractivity contribution in [1.82, 2.24) is 0 Å². The molecule has 1 aromatic carbocycles. The standard InChI is InChI=1S/C18H23BrN2O/c19-15-2-1-3-16(7-15)21-17(22)11-20-18-8-12-4-13(9-18)6-14(5-12)10-18/h1-3,7,12-14,20H,4-6,8-11H2,(H,21,22)/p+1. The van der Waals surface area contributed by atoms with Gasteiger partial charge in [0.25, 0.3) is 5.91 Å². The second kappa shape index (κ2) is 5.64. The topological polar surface area (TPSA) is 45.7 Å². The molecular weight excluding hydrogens is 340 g/mol.